The molecule has 1 fully saturated rings. The first kappa shape index (κ1) is 38.5. The van der Waals surface area contributed by atoms with E-state index >= 15 is 0 Å². The van der Waals surface area contributed by atoms with Gasteiger partial charge in [0.05, 0.1) is 41.4 Å². The Bertz CT molecular complexity index is 2010. The molecule has 1 saturated heterocycles. The summed E-state index contributed by atoms with van der Waals surface area (Å²) < 4.78 is 94.2. The number of aliphatic hydroxyl groups is 3. The minimum Gasteiger partial charge on any atom is -0.489 e. The summed E-state index contributed by atoms with van der Waals surface area (Å²) in [5, 5.41) is 32.1. The molecule has 0 saturated carbocycles. The van der Waals surface area contributed by atoms with E-state index in [-0.39, 0.29) is 44.1 Å². The molecule has 0 bridgehead atoms. The van der Waals surface area contributed by atoms with Gasteiger partial charge in [-0.2, -0.15) is 26.3 Å². The number of rotatable bonds is 12. The molecule has 1 aromatic heterocycles. The highest BCUT2D eigenvalue weighted by Gasteiger charge is 2.56. The van der Waals surface area contributed by atoms with Crippen molar-refractivity contribution >= 4 is 29.2 Å². The molecule has 0 unspecified atom stereocenters. The Labute approximate surface area is 305 Å². The van der Waals surface area contributed by atoms with Gasteiger partial charge in [0, 0.05) is 5.92 Å². The first-order chi connectivity index (χ1) is 25.7. The monoisotopic (exact) mass is 755 g/mol. The van der Waals surface area contributed by atoms with Crippen LogP contribution in [-0.4, -0.2) is 46.5 Å². The van der Waals surface area contributed by atoms with Gasteiger partial charge in [-0.3, -0.25) is 9.59 Å². The molecule has 4 atom stereocenters. The SMILES string of the molecule is O=C1[C@@H]2[C@@H](CC(COc3ccccc3)=C([C@H](O)CC/C(=C/c3ccc(CO)o3)c3ccccc3)[C@@H]2CO)C(=O)N1c1cc(C(F)(F)F)cc(C(F)(F)F)c1. The minimum absolute atomic E-state index is 0.0285. The number of halogens is 6. The van der Waals surface area contributed by atoms with Crippen molar-refractivity contribution in [2.24, 2.45) is 17.8 Å². The quantitative estimate of drug-likeness (QED) is 0.0771. The maximum atomic E-state index is 14.0. The van der Waals surface area contributed by atoms with Crippen LogP contribution in [0.4, 0.5) is 32.0 Å². The maximum absolute atomic E-state index is 14.0. The number of furan rings is 1. The van der Waals surface area contributed by atoms with Crippen LogP contribution in [0.15, 0.2) is 107 Å². The Balaban J connectivity index is 1.36. The van der Waals surface area contributed by atoms with Gasteiger partial charge in [-0.05, 0) is 90.1 Å². The number of hydrogen-bond acceptors (Lipinski definition) is 7. The number of nitrogens with zero attached hydrogens (tertiary/aromatic N) is 1. The summed E-state index contributed by atoms with van der Waals surface area (Å²) >= 11 is 0. The molecular formula is C40H35F6NO7. The van der Waals surface area contributed by atoms with Gasteiger partial charge in [0.15, 0.2) is 0 Å². The zero-order valence-corrected chi connectivity index (χ0v) is 28.5. The van der Waals surface area contributed by atoms with Crippen LogP contribution in [0.5, 0.6) is 5.75 Å². The molecule has 54 heavy (non-hydrogen) atoms. The summed E-state index contributed by atoms with van der Waals surface area (Å²) in [4.78, 5) is 28.3. The number of hydrogen-bond donors (Lipinski definition) is 3. The molecule has 2 heterocycles. The van der Waals surface area contributed by atoms with Gasteiger partial charge in [-0.25, -0.2) is 4.90 Å². The third-order valence-corrected chi connectivity index (χ3v) is 9.71. The average Bonchev–Trinajstić information content (AvgIpc) is 3.72. The fourth-order valence-electron chi connectivity index (χ4n) is 7.23. The summed E-state index contributed by atoms with van der Waals surface area (Å²) in [5.41, 5.74) is -2.21. The summed E-state index contributed by atoms with van der Waals surface area (Å²) in [6, 6.07) is 21.5. The number of imide groups is 1. The third-order valence-electron chi connectivity index (χ3n) is 9.71. The predicted molar refractivity (Wildman–Crippen MR) is 184 cm³/mol. The minimum atomic E-state index is -5.23. The number of benzene rings is 3. The number of ether oxygens (including phenoxy) is 1. The molecule has 1 aliphatic heterocycles. The summed E-state index contributed by atoms with van der Waals surface area (Å²) in [7, 11) is 0. The summed E-state index contributed by atoms with van der Waals surface area (Å²) in [5.74, 6) is -4.82. The standard InChI is InChI=1S/C40H35F6NO7/c41-39(42,43)26-17-27(40(44,45)46)19-28(18-26)47-37(51)32-16-25(22-53-29-9-5-2-6-10-29)35(33(21-49)36(32)38(47)52)34(50)14-11-24(23-7-3-1-4-8-23)15-30-12-13-31(20-48)54-30/h1-10,12-13,15,17-19,32-34,36,48-50H,11,14,16,20-22H2/b24-15-/t32-,33+,34-,36-/m1/s1. The lowest BCUT2D eigenvalue weighted by atomic mass is 9.68. The Hall–Kier alpha value is -5.18. The highest BCUT2D eigenvalue weighted by Crippen LogP contribution is 2.49. The van der Waals surface area contributed by atoms with Crippen LogP contribution >= 0.6 is 0 Å². The maximum Gasteiger partial charge on any atom is 0.416 e. The third kappa shape index (κ3) is 8.15. The lowest BCUT2D eigenvalue weighted by Crippen LogP contribution is -2.40. The summed E-state index contributed by atoms with van der Waals surface area (Å²) in [6.07, 6.45) is -10.0. The fourth-order valence-corrected chi connectivity index (χ4v) is 7.23. The predicted octanol–water partition coefficient (Wildman–Crippen LogP) is 7.68. The number of para-hydroxylation sites is 1. The Morgan fingerprint density at radius 2 is 1.50 bits per heavy atom. The molecule has 3 N–H and O–H groups in total. The molecule has 4 aromatic rings. The van der Waals surface area contributed by atoms with Gasteiger partial charge >= 0.3 is 12.4 Å². The van der Waals surface area contributed by atoms with Crippen molar-refractivity contribution < 1.29 is 60.4 Å². The van der Waals surface area contributed by atoms with Gasteiger partial charge < -0.3 is 24.5 Å². The second kappa shape index (κ2) is 15.7. The molecule has 0 spiro atoms. The molecule has 0 radical (unpaired) electrons. The molecule has 2 amide bonds. The largest absolute Gasteiger partial charge is 0.489 e. The van der Waals surface area contributed by atoms with E-state index in [4.69, 9.17) is 9.15 Å². The first-order valence-corrected chi connectivity index (χ1v) is 17.0. The van der Waals surface area contributed by atoms with E-state index in [0.717, 1.165) is 11.1 Å². The molecule has 2 aliphatic rings. The summed E-state index contributed by atoms with van der Waals surface area (Å²) in [6.45, 7) is -1.28. The number of alkyl halides is 6. The van der Waals surface area contributed by atoms with E-state index in [9.17, 15) is 51.3 Å². The van der Waals surface area contributed by atoms with Crippen LogP contribution in [0.25, 0.3) is 11.6 Å². The van der Waals surface area contributed by atoms with Crippen molar-refractivity contribution in [3.05, 3.63) is 130 Å². The molecule has 3 aromatic carbocycles. The van der Waals surface area contributed by atoms with Crippen molar-refractivity contribution in [2.75, 3.05) is 18.1 Å². The van der Waals surface area contributed by atoms with E-state index in [1.165, 1.54) is 0 Å². The number of carbonyl (C=O) groups is 2. The molecule has 14 heteroatoms. The van der Waals surface area contributed by atoms with Crippen LogP contribution in [0, 0.1) is 17.8 Å². The van der Waals surface area contributed by atoms with Crippen LogP contribution in [0.2, 0.25) is 0 Å². The Morgan fingerprint density at radius 3 is 2.07 bits per heavy atom. The van der Waals surface area contributed by atoms with Crippen LogP contribution in [0.1, 0.15) is 47.5 Å². The van der Waals surface area contributed by atoms with Crippen molar-refractivity contribution in [3.63, 3.8) is 0 Å². The van der Waals surface area contributed by atoms with Crippen molar-refractivity contribution in [1.29, 1.82) is 0 Å². The van der Waals surface area contributed by atoms with Gasteiger partial charge in [0.25, 0.3) is 0 Å². The topological polar surface area (TPSA) is 120 Å². The average molecular weight is 756 g/mol. The molecule has 8 nitrogen and oxygen atoms in total. The van der Waals surface area contributed by atoms with Crippen LogP contribution in [0.3, 0.4) is 0 Å². The second-order valence-electron chi connectivity index (χ2n) is 13.1. The highest BCUT2D eigenvalue weighted by molar-refractivity contribution is 6.22. The number of fused-ring (bicyclic) bond motifs is 1. The molecule has 284 valence electrons. The Kier molecular flexibility index (Phi) is 11.2. The number of amides is 2. The first-order valence-electron chi connectivity index (χ1n) is 17.0. The zero-order valence-electron chi connectivity index (χ0n) is 28.5. The lowest BCUT2D eigenvalue weighted by molar-refractivity contribution is -0.143. The number of allylic oxidation sites excluding steroid dienone is 1. The smallest absolute Gasteiger partial charge is 0.416 e. The van der Waals surface area contributed by atoms with Crippen molar-refractivity contribution in [3.8, 4) is 5.75 Å². The lowest BCUT2D eigenvalue weighted by Gasteiger charge is -2.36. The van der Waals surface area contributed by atoms with E-state index in [1.54, 1.807) is 48.5 Å². The highest BCUT2D eigenvalue weighted by atomic mass is 19.4. The van der Waals surface area contributed by atoms with E-state index < -0.39 is 71.4 Å². The fraction of sp³-hybridized carbons (Fsp3) is 0.300. The van der Waals surface area contributed by atoms with E-state index in [0.29, 0.717) is 39.9 Å². The van der Waals surface area contributed by atoms with E-state index in [2.05, 4.69) is 0 Å². The van der Waals surface area contributed by atoms with E-state index in [1.807, 2.05) is 30.3 Å². The molecule has 1 aliphatic carbocycles. The Morgan fingerprint density at radius 1 is 0.870 bits per heavy atom. The normalized spacial score (nSPS) is 20.1. The van der Waals surface area contributed by atoms with Crippen LogP contribution in [-0.2, 0) is 28.5 Å². The van der Waals surface area contributed by atoms with Gasteiger partial charge in [0.1, 0.15) is 30.5 Å². The van der Waals surface area contributed by atoms with Crippen molar-refractivity contribution in [1.82, 2.24) is 0 Å². The number of aliphatic hydroxyl groups excluding tert-OH is 3. The van der Waals surface area contributed by atoms with Crippen LogP contribution < -0.4 is 9.64 Å². The van der Waals surface area contributed by atoms with Crippen molar-refractivity contribution in [2.45, 2.75) is 44.3 Å². The van der Waals surface area contributed by atoms with Gasteiger partial charge in [-0.1, -0.05) is 48.5 Å². The number of carbonyl (C=O) groups excluding carboxylic acids is 2. The number of anilines is 1. The van der Waals surface area contributed by atoms with Gasteiger partial charge in [0.2, 0.25) is 11.8 Å². The second-order valence-corrected chi connectivity index (χ2v) is 13.1. The molecule has 6 rings (SSSR count). The zero-order chi connectivity index (χ0) is 38.8. The van der Waals surface area contributed by atoms with Gasteiger partial charge in [-0.15, -0.1) is 0 Å². The molecular weight excluding hydrogens is 720 g/mol.